The van der Waals surface area contributed by atoms with Crippen LogP contribution in [0.5, 0.6) is 0 Å². The third-order valence-corrected chi connectivity index (χ3v) is 2.78. The van der Waals surface area contributed by atoms with Gasteiger partial charge >= 0.3 is 0 Å². The van der Waals surface area contributed by atoms with Crippen LogP contribution < -0.4 is 0 Å². The van der Waals surface area contributed by atoms with Gasteiger partial charge in [-0.1, -0.05) is 11.6 Å². The first-order valence-corrected chi connectivity index (χ1v) is 6.26. The fourth-order valence-electron chi connectivity index (χ4n) is 1.65. The number of hydrogen-bond donors (Lipinski definition) is 1. The van der Waals surface area contributed by atoms with E-state index in [9.17, 15) is 9.90 Å². The first-order valence-electron chi connectivity index (χ1n) is 5.88. The van der Waals surface area contributed by atoms with Crippen LogP contribution in [0.4, 0.5) is 0 Å². The number of carbonyl (C=O) groups excluding carboxylic acids is 1. The largest absolute Gasteiger partial charge is 0.389 e. The molecule has 0 aromatic carbocycles. The maximum absolute atomic E-state index is 12.3. The molecule has 1 heterocycles. The smallest absolute Gasteiger partial charge is 0.257 e. The average molecular weight is 271 g/mol. The van der Waals surface area contributed by atoms with Crippen molar-refractivity contribution in [2.45, 2.75) is 33.3 Å². The predicted octanol–water partition coefficient (Wildman–Crippen LogP) is 2.28. The van der Waals surface area contributed by atoms with Crippen molar-refractivity contribution in [3.8, 4) is 0 Å². The highest BCUT2D eigenvalue weighted by Crippen LogP contribution is 2.18. The number of rotatable bonds is 4. The molecule has 0 bridgehead atoms. The Labute approximate surface area is 113 Å². The van der Waals surface area contributed by atoms with E-state index in [1.807, 2.05) is 13.8 Å². The van der Waals surface area contributed by atoms with E-state index in [2.05, 4.69) is 4.98 Å². The summed E-state index contributed by atoms with van der Waals surface area (Å²) in [5, 5.41) is 10.2. The van der Waals surface area contributed by atoms with Gasteiger partial charge in [-0.15, -0.1) is 0 Å². The number of amides is 1. The lowest BCUT2D eigenvalue weighted by Gasteiger charge is -2.28. The Morgan fingerprint density at radius 2 is 2.17 bits per heavy atom. The number of likely N-dealkylation sites (N-methyl/N-ethyl adjacent to an activating group) is 1. The summed E-state index contributed by atoms with van der Waals surface area (Å²) in [6.07, 6.45) is 1.48. The summed E-state index contributed by atoms with van der Waals surface area (Å²) >= 11 is 6.05. The molecule has 0 saturated carbocycles. The molecule has 1 amide bonds. The molecule has 1 aromatic rings. The van der Waals surface area contributed by atoms with Crippen LogP contribution in [0.25, 0.3) is 0 Å². The Bertz CT molecular complexity index is 441. The van der Waals surface area contributed by atoms with Gasteiger partial charge in [0, 0.05) is 25.0 Å². The zero-order valence-corrected chi connectivity index (χ0v) is 12.0. The Hall–Kier alpha value is -1.13. The van der Waals surface area contributed by atoms with Crippen molar-refractivity contribution in [2.75, 3.05) is 13.1 Å². The number of aliphatic hydroxyl groups is 1. The topological polar surface area (TPSA) is 53.4 Å². The van der Waals surface area contributed by atoms with Gasteiger partial charge in [-0.3, -0.25) is 9.78 Å². The van der Waals surface area contributed by atoms with Crippen molar-refractivity contribution in [2.24, 2.45) is 0 Å². The quantitative estimate of drug-likeness (QED) is 0.913. The van der Waals surface area contributed by atoms with Gasteiger partial charge in [0.2, 0.25) is 0 Å². The van der Waals surface area contributed by atoms with Crippen LogP contribution in [0, 0.1) is 6.92 Å². The normalized spacial score (nSPS) is 11.4. The lowest BCUT2D eigenvalue weighted by Crippen LogP contribution is -2.42. The van der Waals surface area contributed by atoms with Gasteiger partial charge in [0.05, 0.1) is 16.2 Å². The highest BCUT2D eigenvalue weighted by atomic mass is 35.5. The second-order valence-electron chi connectivity index (χ2n) is 4.94. The number of halogens is 1. The Balaban J connectivity index is 2.97. The molecule has 0 atom stereocenters. The number of carbonyl (C=O) groups is 1. The van der Waals surface area contributed by atoms with Crippen LogP contribution in [0.3, 0.4) is 0 Å². The van der Waals surface area contributed by atoms with Crippen molar-refractivity contribution in [1.29, 1.82) is 0 Å². The van der Waals surface area contributed by atoms with Gasteiger partial charge < -0.3 is 10.0 Å². The van der Waals surface area contributed by atoms with Crippen molar-refractivity contribution < 1.29 is 9.90 Å². The van der Waals surface area contributed by atoms with Crippen LogP contribution in [0.1, 0.15) is 36.8 Å². The molecular weight excluding hydrogens is 252 g/mol. The van der Waals surface area contributed by atoms with Crippen LogP contribution >= 0.6 is 11.6 Å². The van der Waals surface area contributed by atoms with Crippen LogP contribution in [-0.2, 0) is 0 Å². The molecule has 0 radical (unpaired) electrons. The molecule has 0 spiro atoms. The van der Waals surface area contributed by atoms with Gasteiger partial charge in [-0.05, 0) is 33.8 Å². The van der Waals surface area contributed by atoms with Crippen molar-refractivity contribution >= 4 is 17.5 Å². The molecule has 0 aliphatic carbocycles. The fourth-order valence-corrected chi connectivity index (χ4v) is 1.94. The third-order valence-electron chi connectivity index (χ3n) is 2.47. The van der Waals surface area contributed by atoms with Crippen molar-refractivity contribution in [3.05, 3.63) is 28.5 Å². The van der Waals surface area contributed by atoms with Gasteiger partial charge in [0.1, 0.15) is 0 Å². The summed E-state index contributed by atoms with van der Waals surface area (Å²) in [6, 6.07) is 1.66. The second kappa shape index (κ2) is 5.67. The van der Waals surface area contributed by atoms with E-state index in [-0.39, 0.29) is 12.5 Å². The van der Waals surface area contributed by atoms with Gasteiger partial charge in [0.15, 0.2) is 0 Å². The monoisotopic (exact) mass is 270 g/mol. The number of aryl methyl sites for hydroxylation is 1. The van der Waals surface area contributed by atoms with Crippen molar-refractivity contribution in [3.63, 3.8) is 0 Å². The number of hydrogen-bond acceptors (Lipinski definition) is 3. The van der Waals surface area contributed by atoms with Crippen LogP contribution in [0.2, 0.25) is 5.02 Å². The fraction of sp³-hybridized carbons (Fsp3) is 0.538. The minimum atomic E-state index is -0.934. The highest BCUT2D eigenvalue weighted by molar-refractivity contribution is 6.33. The molecular formula is C13H19ClN2O2. The van der Waals surface area contributed by atoms with Gasteiger partial charge in [0.25, 0.3) is 5.91 Å². The molecule has 0 fully saturated rings. The summed E-state index contributed by atoms with van der Waals surface area (Å²) in [4.78, 5) is 17.9. The summed E-state index contributed by atoms with van der Waals surface area (Å²) in [5.74, 6) is -0.211. The molecule has 1 rings (SSSR count). The summed E-state index contributed by atoms with van der Waals surface area (Å²) in [5.41, 5.74) is 0.200. The molecule has 18 heavy (non-hydrogen) atoms. The molecule has 0 aliphatic rings. The molecule has 0 saturated heterocycles. The van der Waals surface area contributed by atoms with Gasteiger partial charge in [-0.2, -0.15) is 0 Å². The Morgan fingerprint density at radius 3 is 2.61 bits per heavy atom. The molecule has 0 unspecified atom stereocenters. The SMILES string of the molecule is CCN(CC(C)(C)O)C(=O)c1cnc(C)cc1Cl. The standard InChI is InChI=1S/C13H19ClN2O2/c1-5-16(8-13(3,4)18)12(17)10-7-15-9(2)6-11(10)14/h6-7,18H,5,8H2,1-4H3. The molecule has 5 heteroatoms. The molecule has 0 aliphatic heterocycles. The minimum Gasteiger partial charge on any atom is -0.389 e. The summed E-state index contributed by atoms with van der Waals surface area (Å²) in [7, 11) is 0. The molecule has 1 N–H and O–H groups in total. The minimum absolute atomic E-state index is 0.211. The van der Waals surface area contributed by atoms with E-state index >= 15 is 0 Å². The van der Waals surface area contributed by atoms with E-state index in [1.54, 1.807) is 24.8 Å². The summed E-state index contributed by atoms with van der Waals surface area (Å²) < 4.78 is 0. The Kier molecular flexibility index (Phi) is 4.71. The Morgan fingerprint density at radius 1 is 1.56 bits per heavy atom. The zero-order valence-electron chi connectivity index (χ0n) is 11.2. The van der Waals surface area contributed by atoms with Crippen molar-refractivity contribution in [1.82, 2.24) is 9.88 Å². The molecule has 100 valence electrons. The van der Waals surface area contributed by atoms with E-state index in [1.165, 1.54) is 6.20 Å². The lowest BCUT2D eigenvalue weighted by atomic mass is 10.1. The first-order chi connectivity index (χ1) is 8.24. The van der Waals surface area contributed by atoms with E-state index in [4.69, 9.17) is 11.6 Å². The van der Waals surface area contributed by atoms with E-state index < -0.39 is 5.60 Å². The van der Waals surface area contributed by atoms with Gasteiger partial charge in [-0.25, -0.2) is 0 Å². The van der Waals surface area contributed by atoms with E-state index in [0.29, 0.717) is 17.1 Å². The lowest BCUT2D eigenvalue weighted by molar-refractivity contribution is 0.0314. The average Bonchev–Trinajstić information content (AvgIpc) is 2.24. The number of nitrogens with zero attached hydrogens (tertiary/aromatic N) is 2. The maximum atomic E-state index is 12.3. The highest BCUT2D eigenvalue weighted by Gasteiger charge is 2.23. The zero-order chi connectivity index (χ0) is 13.9. The predicted molar refractivity (Wildman–Crippen MR) is 71.9 cm³/mol. The molecule has 1 aromatic heterocycles. The van der Waals surface area contributed by atoms with Crippen LogP contribution in [-0.4, -0.2) is 39.6 Å². The molecule has 4 nitrogen and oxygen atoms in total. The van der Waals surface area contributed by atoms with E-state index in [0.717, 1.165) is 5.69 Å². The maximum Gasteiger partial charge on any atom is 0.257 e. The third kappa shape index (κ3) is 3.96. The number of pyridine rings is 1. The van der Waals surface area contributed by atoms with Crippen LogP contribution in [0.15, 0.2) is 12.3 Å². The summed E-state index contributed by atoms with van der Waals surface area (Å²) in [6.45, 7) is 7.77. The number of aromatic nitrogens is 1. The second-order valence-corrected chi connectivity index (χ2v) is 5.34. The first kappa shape index (κ1) is 14.9.